The molecule has 0 aromatic heterocycles. The van der Waals surface area contributed by atoms with Crippen molar-refractivity contribution in [3.8, 4) is 0 Å². The van der Waals surface area contributed by atoms with Crippen LogP contribution < -0.4 is 5.32 Å². The summed E-state index contributed by atoms with van der Waals surface area (Å²) in [7, 11) is 0. The van der Waals surface area contributed by atoms with Crippen LogP contribution in [-0.2, 0) is 4.74 Å². The summed E-state index contributed by atoms with van der Waals surface area (Å²) >= 11 is 1.64. The molecule has 0 fully saturated rings. The Hall–Kier alpha value is -0.880. The molecular weight excluding hydrogens is 263 g/mol. The molecule has 102 valence electrons. The topological polar surface area (TPSA) is 21.3 Å². The summed E-state index contributed by atoms with van der Waals surface area (Å²) in [6.07, 6.45) is -1.70. The Labute approximate surface area is 109 Å². The molecule has 0 amide bonds. The predicted octanol–water partition coefficient (Wildman–Crippen LogP) is 3.79. The van der Waals surface area contributed by atoms with Crippen molar-refractivity contribution in [2.45, 2.75) is 17.5 Å². The van der Waals surface area contributed by atoms with Crippen LogP contribution in [0.1, 0.15) is 6.42 Å². The molecule has 0 unspecified atom stereocenters. The molecule has 18 heavy (non-hydrogen) atoms. The maximum atomic E-state index is 11.8. The van der Waals surface area contributed by atoms with Gasteiger partial charge in [-0.15, -0.1) is 11.8 Å². The monoisotopic (exact) mass is 279 g/mol. The first-order valence-electron chi connectivity index (χ1n) is 5.54. The van der Waals surface area contributed by atoms with Crippen LogP contribution in [0.5, 0.6) is 0 Å². The fourth-order valence-corrected chi connectivity index (χ4v) is 1.79. The van der Waals surface area contributed by atoms with Crippen molar-refractivity contribution in [3.63, 3.8) is 0 Å². The Morgan fingerprint density at radius 2 is 2.11 bits per heavy atom. The lowest BCUT2D eigenvalue weighted by Gasteiger charge is -2.09. The molecule has 0 spiro atoms. The van der Waals surface area contributed by atoms with E-state index in [1.54, 1.807) is 11.8 Å². The Morgan fingerprint density at radius 1 is 1.33 bits per heavy atom. The van der Waals surface area contributed by atoms with Gasteiger partial charge in [-0.1, -0.05) is 6.07 Å². The van der Waals surface area contributed by atoms with E-state index in [4.69, 9.17) is 0 Å². The minimum absolute atomic E-state index is 0.106. The number of thioether (sulfide) groups is 1. The van der Waals surface area contributed by atoms with Crippen LogP contribution in [0.3, 0.4) is 0 Å². The van der Waals surface area contributed by atoms with Crippen molar-refractivity contribution in [3.05, 3.63) is 24.3 Å². The summed E-state index contributed by atoms with van der Waals surface area (Å²) in [6, 6.07) is 7.87. The smallest absolute Gasteiger partial charge is 0.385 e. The molecule has 1 aromatic rings. The highest BCUT2D eigenvalue weighted by Gasteiger charge is 2.27. The van der Waals surface area contributed by atoms with Crippen LogP contribution in [0.2, 0.25) is 0 Å². The van der Waals surface area contributed by atoms with Gasteiger partial charge in [0.25, 0.3) is 0 Å². The van der Waals surface area contributed by atoms with E-state index < -0.39 is 12.8 Å². The Kier molecular flexibility index (Phi) is 6.35. The zero-order valence-electron chi connectivity index (χ0n) is 10.1. The molecule has 6 heteroatoms. The number of hydrogen-bond donors (Lipinski definition) is 1. The molecule has 0 saturated carbocycles. The third-order valence-electron chi connectivity index (χ3n) is 2.13. The third kappa shape index (κ3) is 6.76. The fourth-order valence-electron chi connectivity index (χ4n) is 1.33. The quantitative estimate of drug-likeness (QED) is 0.606. The lowest BCUT2D eigenvalue weighted by Crippen LogP contribution is -2.18. The second kappa shape index (κ2) is 7.53. The first-order chi connectivity index (χ1) is 8.51. The van der Waals surface area contributed by atoms with Crippen LogP contribution in [0.4, 0.5) is 18.9 Å². The summed E-state index contributed by atoms with van der Waals surface area (Å²) in [5.41, 5.74) is 0.970. The van der Waals surface area contributed by atoms with E-state index >= 15 is 0 Å². The largest absolute Gasteiger partial charge is 0.411 e. The van der Waals surface area contributed by atoms with Gasteiger partial charge in [0.05, 0.1) is 0 Å². The van der Waals surface area contributed by atoms with Crippen LogP contribution in [0.15, 0.2) is 29.2 Å². The maximum Gasteiger partial charge on any atom is 0.411 e. The molecule has 1 rings (SSSR count). The Morgan fingerprint density at radius 3 is 2.78 bits per heavy atom. The molecule has 0 aliphatic carbocycles. The Bertz CT molecular complexity index is 357. The van der Waals surface area contributed by atoms with Crippen LogP contribution in [0.25, 0.3) is 0 Å². The van der Waals surface area contributed by atoms with Gasteiger partial charge < -0.3 is 10.1 Å². The fraction of sp³-hybridized carbons (Fsp3) is 0.500. The van der Waals surface area contributed by atoms with Gasteiger partial charge >= 0.3 is 6.18 Å². The standard InChI is InChI=1S/C12H16F3NOS/c1-18-11-5-2-4-10(8-11)16-6-3-7-17-9-12(13,14)15/h2,4-5,8,16H,3,6-7,9H2,1H3. The van der Waals surface area contributed by atoms with Gasteiger partial charge in [0.15, 0.2) is 0 Å². The summed E-state index contributed by atoms with van der Waals surface area (Å²) < 4.78 is 39.8. The van der Waals surface area contributed by atoms with Crippen LogP contribution in [-0.4, -0.2) is 32.2 Å². The summed E-state index contributed by atoms with van der Waals surface area (Å²) in [4.78, 5) is 1.15. The Balaban J connectivity index is 2.14. The van der Waals surface area contributed by atoms with Gasteiger partial charge in [-0.25, -0.2) is 0 Å². The van der Waals surface area contributed by atoms with Crippen molar-refractivity contribution < 1.29 is 17.9 Å². The number of ether oxygens (including phenoxy) is 1. The molecule has 0 radical (unpaired) electrons. The minimum Gasteiger partial charge on any atom is -0.385 e. The van der Waals surface area contributed by atoms with E-state index in [-0.39, 0.29) is 6.61 Å². The molecule has 1 N–H and O–H groups in total. The van der Waals surface area contributed by atoms with Gasteiger partial charge in [0.1, 0.15) is 6.61 Å². The second-order valence-electron chi connectivity index (χ2n) is 3.68. The van der Waals surface area contributed by atoms with Gasteiger partial charge in [-0.05, 0) is 30.9 Å². The van der Waals surface area contributed by atoms with Crippen LogP contribution in [0, 0.1) is 0 Å². The van der Waals surface area contributed by atoms with E-state index in [9.17, 15) is 13.2 Å². The SMILES string of the molecule is CSc1cccc(NCCCOCC(F)(F)F)c1. The lowest BCUT2D eigenvalue weighted by molar-refractivity contribution is -0.173. The predicted molar refractivity (Wildman–Crippen MR) is 68.2 cm³/mol. The van der Waals surface area contributed by atoms with Gasteiger partial charge in [-0.2, -0.15) is 13.2 Å². The number of alkyl halides is 3. The van der Waals surface area contributed by atoms with E-state index in [1.165, 1.54) is 0 Å². The van der Waals surface area contributed by atoms with Crippen LogP contribution >= 0.6 is 11.8 Å². The van der Waals surface area contributed by atoms with Gasteiger partial charge in [0.2, 0.25) is 0 Å². The lowest BCUT2D eigenvalue weighted by atomic mass is 10.3. The number of rotatable bonds is 7. The van der Waals surface area contributed by atoms with E-state index in [0.717, 1.165) is 10.6 Å². The van der Waals surface area contributed by atoms with Gasteiger partial charge in [-0.3, -0.25) is 0 Å². The molecule has 2 nitrogen and oxygen atoms in total. The highest BCUT2D eigenvalue weighted by molar-refractivity contribution is 7.98. The molecule has 0 aliphatic heterocycles. The summed E-state index contributed by atoms with van der Waals surface area (Å²) in [5.74, 6) is 0. The first kappa shape index (κ1) is 15.2. The zero-order chi connectivity index (χ0) is 13.4. The van der Waals surface area contributed by atoms with Crippen molar-refractivity contribution in [2.75, 3.05) is 31.3 Å². The third-order valence-corrected chi connectivity index (χ3v) is 2.86. The molecule has 1 aromatic carbocycles. The van der Waals surface area contributed by atoms with Crippen molar-refractivity contribution in [2.24, 2.45) is 0 Å². The highest BCUT2D eigenvalue weighted by atomic mass is 32.2. The highest BCUT2D eigenvalue weighted by Crippen LogP contribution is 2.19. The number of halogens is 3. The summed E-state index contributed by atoms with van der Waals surface area (Å²) in [6.45, 7) is -0.473. The number of benzene rings is 1. The molecule has 0 saturated heterocycles. The molecular formula is C12H16F3NOS. The number of anilines is 1. The van der Waals surface area contributed by atoms with E-state index in [2.05, 4.69) is 10.1 Å². The van der Waals surface area contributed by atoms with E-state index in [1.807, 2.05) is 30.5 Å². The van der Waals surface area contributed by atoms with Crippen molar-refractivity contribution >= 4 is 17.4 Å². The zero-order valence-corrected chi connectivity index (χ0v) is 10.9. The molecule has 0 atom stereocenters. The number of nitrogens with one attached hydrogen (secondary N) is 1. The van der Waals surface area contributed by atoms with E-state index in [0.29, 0.717) is 13.0 Å². The average molecular weight is 279 g/mol. The van der Waals surface area contributed by atoms with Crippen molar-refractivity contribution in [1.82, 2.24) is 0 Å². The number of hydrogen-bond acceptors (Lipinski definition) is 3. The average Bonchev–Trinajstić information content (AvgIpc) is 2.32. The van der Waals surface area contributed by atoms with Crippen molar-refractivity contribution in [1.29, 1.82) is 0 Å². The normalized spacial score (nSPS) is 11.6. The minimum atomic E-state index is -4.24. The first-order valence-corrected chi connectivity index (χ1v) is 6.76. The molecule has 0 heterocycles. The second-order valence-corrected chi connectivity index (χ2v) is 4.56. The summed E-state index contributed by atoms with van der Waals surface area (Å²) in [5, 5.41) is 3.14. The molecule has 0 aliphatic rings. The molecule has 0 bridgehead atoms. The maximum absolute atomic E-state index is 11.8. The van der Waals surface area contributed by atoms with Gasteiger partial charge in [0, 0.05) is 23.7 Å².